The first-order valence-electron chi connectivity index (χ1n) is 8.40. The SMILES string of the molecule is O=C(Nc1cc2c(cc1Br)OCCO2)c1ccc(N2CCOCC2)nc1. The van der Waals surface area contributed by atoms with Crippen LogP contribution in [0, 0.1) is 0 Å². The standard InChI is InChI=1S/C18H18BrN3O4/c19-13-9-15-16(26-8-7-25-15)10-14(13)21-18(23)12-1-2-17(20-11-12)22-3-5-24-6-4-22/h1-2,9-11H,3-8H2,(H,21,23). The third-order valence-electron chi connectivity index (χ3n) is 4.23. The van der Waals surface area contributed by atoms with Crippen molar-refractivity contribution in [3.8, 4) is 11.5 Å². The van der Waals surface area contributed by atoms with Crippen LogP contribution in [0.3, 0.4) is 0 Å². The van der Waals surface area contributed by atoms with Gasteiger partial charge in [0.15, 0.2) is 11.5 Å². The van der Waals surface area contributed by atoms with Crippen molar-refractivity contribution in [2.45, 2.75) is 0 Å². The Morgan fingerprint density at radius 1 is 1.08 bits per heavy atom. The Balaban J connectivity index is 1.48. The summed E-state index contributed by atoms with van der Waals surface area (Å²) in [6.45, 7) is 4.02. The Labute approximate surface area is 159 Å². The Hall–Kier alpha value is -2.32. The van der Waals surface area contributed by atoms with E-state index in [-0.39, 0.29) is 5.91 Å². The molecule has 1 fully saturated rings. The predicted octanol–water partition coefficient (Wildman–Crippen LogP) is 2.70. The van der Waals surface area contributed by atoms with Gasteiger partial charge < -0.3 is 24.4 Å². The lowest BCUT2D eigenvalue weighted by molar-refractivity contribution is 0.102. The largest absolute Gasteiger partial charge is 0.486 e. The smallest absolute Gasteiger partial charge is 0.257 e. The van der Waals surface area contributed by atoms with E-state index in [1.54, 1.807) is 24.4 Å². The summed E-state index contributed by atoms with van der Waals surface area (Å²) in [5.41, 5.74) is 1.11. The van der Waals surface area contributed by atoms with Gasteiger partial charge in [0.25, 0.3) is 5.91 Å². The molecular formula is C18H18BrN3O4. The van der Waals surface area contributed by atoms with E-state index >= 15 is 0 Å². The number of nitrogens with zero attached hydrogens (tertiary/aromatic N) is 2. The molecule has 136 valence electrons. The molecule has 2 aliphatic heterocycles. The van der Waals surface area contributed by atoms with Crippen molar-refractivity contribution in [1.29, 1.82) is 0 Å². The molecule has 1 aromatic heterocycles. The summed E-state index contributed by atoms with van der Waals surface area (Å²) in [6.07, 6.45) is 1.59. The van der Waals surface area contributed by atoms with Crippen LogP contribution in [0.15, 0.2) is 34.9 Å². The van der Waals surface area contributed by atoms with Gasteiger partial charge in [-0.1, -0.05) is 0 Å². The fraction of sp³-hybridized carbons (Fsp3) is 0.333. The summed E-state index contributed by atoms with van der Waals surface area (Å²) in [7, 11) is 0. The highest BCUT2D eigenvalue weighted by molar-refractivity contribution is 9.10. The molecule has 2 aromatic rings. The average molecular weight is 420 g/mol. The first kappa shape index (κ1) is 17.1. The van der Waals surface area contributed by atoms with Crippen molar-refractivity contribution in [2.75, 3.05) is 49.7 Å². The summed E-state index contributed by atoms with van der Waals surface area (Å²) in [5.74, 6) is 1.90. The summed E-state index contributed by atoms with van der Waals surface area (Å²) in [5, 5.41) is 2.88. The highest BCUT2D eigenvalue weighted by Gasteiger charge is 2.17. The molecule has 0 saturated carbocycles. The average Bonchev–Trinajstić information content (AvgIpc) is 2.69. The highest BCUT2D eigenvalue weighted by atomic mass is 79.9. The summed E-state index contributed by atoms with van der Waals surface area (Å²) < 4.78 is 17.2. The lowest BCUT2D eigenvalue weighted by Crippen LogP contribution is -2.36. The Kier molecular flexibility index (Phi) is 4.94. The minimum atomic E-state index is -0.233. The number of ether oxygens (including phenoxy) is 3. The summed E-state index contributed by atoms with van der Waals surface area (Å²) >= 11 is 3.46. The number of fused-ring (bicyclic) bond motifs is 1. The zero-order valence-electron chi connectivity index (χ0n) is 14.0. The second kappa shape index (κ2) is 7.51. The van der Waals surface area contributed by atoms with E-state index in [2.05, 4.69) is 31.1 Å². The van der Waals surface area contributed by atoms with Crippen LogP contribution in [0.25, 0.3) is 0 Å². The molecule has 1 N–H and O–H groups in total. The number of pyridine rings is 1. The summed E-state index contributed by atoms with van der Waals surface area (Å²) in [6, 6.07) is 7.19. The van der Waals surface area contributed by atoms with Gasteiger partial charge in [-0.05, 0) is 28.1 Å². The van der Waals surface area contributed by atoms with Crippen LogP contribution in [-0.4, -0.2) is 50.4 Å². The molecule has 0 unspecified atom stereocenters. The maximum absolute atomic E-state index is 12.5. The van der Waals surface area contributed by atoms with E-state index in [4.69, 9.17) is 14.2 Å². The fourth-order valence-electron chi connectivity index (χ4n) is 2.85. The van der Waals surface area contributed by atoms with Crippen LogP contribution in [0.1, 0.15) is 10.4 Å². The second-order valence-corrected chi connectivity index (χ2v) is 6.79. The molecule has 0 bridgehead atoms. The van der Waals surface area contributed by atoms with Gasteiger partial charge in [0.2, 0.25) is 0 Å². The van der Waals surface area contributed by atoms with Crippen molar-refractivity contribution >= 4 is 33.3 Å². The number of carbonyl (C=O) groups is 1. The normalized spacial score (nSPS) is 16.3. The molecule has 0 radical (unpaired) electrons. The molecular weight excluding hydrogens is 402 g/mol. The van der Waals surface area contributed by atoms with Crippen LogP contribution in [0.2, 0.25) is 0 Å². The van der Waals surface area contributed by atoms with Gasteiger partial charge in [-0.15, -0.1) is 0 Å². The maximum atomic E-state index is 12.5. The number of halogens is 1. The molecule has 0 atom stereocenters. The van der Waals surface area contributed by atoms with Crippen LogP contribution in [-0.2, 0) is 4.74 Å². The predicted molar refractivity (Wildman–Crippen MR) is 100 cm³/mol. The van der Waals surface area contributed by atoms with Crippen molar-refractivity contribution in [3.63, 3.8) is 0 Å². The zero-order chi connectivity index (χ0) is 17.9. The monoisotopic (exact) mass is 419 g/mol. The van der Waals surface area contributed by atoms with E-state index in [1.165, 1.54) is 0 Å². The number of rotatable bonds is 3. The number of aromatic nitrogens is 1. The first-order chi connectivity index (χ1) is 12.7. The number of carbonyl (C=O) groups excluding carboxylic acids is 1. The lowest BCUT2D eigenvalue weighted by Gasteiger charge is -2.27. The van der Waals surface area contributed by atoms with Crippen LogP contribution < -0.4 is 19.7 Å². The van der Waals surface area contributed by atoms with Gasteiger partial charge in [-0.2, -0.15) is 0 Å². The zero-order valence-corrected chi connectivity index (χ0v) is 15.6. The van der Waals surface area contributed by atoms with Crippen molar-refractivity contribution in [3.05, 3.63) is 40.5 Å². The number of morpholine rings is 1. The third kappa shape index (κ3) is 3.61. The molecule has 3 heterocycles. The molecule has 7 nitrogen and oxygen atoms in total. The number of hydrogen-bond acceptors (Lipinski definition) is 6. The van der Waals surface area contributed by atoms with Crippen LogP contribution in [0.5, 0.6) is 11.5 Å². The van der Waals surface area contributed by atoms with Crippen molar-refractivity contribution in [1.82, 2.24) is 4.98 Å². The number of nitrogens with one attached hydrogen (secondary N) is 1. The van der Waals surface area contributed by atoms with Gasteiger partial charge in [0, 0.05) is 35.9 Å². The minimum Gasteiger partial charge on any atom is -0.486 e. The minimum absolute atomic E-state index is 0.233. The van der Waals surface area contributed by atoms with Crippen LogP contribution >= 0.6 is 15.9 Å². The van der Waals surface area contributed by atoms with Gasteiger partial charge >= 0.3 is 0 Å². The number of hydrogen-bond donors (Lipinski definition) is 1. The Morgan fingerprint density at radius 2 is 1.81 bits per heavy atom. The van der Waals surface area contributed by atoms with E-state index < -0.39 is 0 Å². The molecule has 1 aromatic carbocycles. The Bertz CT molecular complexity index is 807. The number of amides is 1. The van der Waals surface area contributed by atoms with Crippen molar-refractivity contribution in [2.24, 2.45) is 0 Å². The molecule has 0 spiro atoms. The second-order valence-electron chi connectivity index (χ2n) is 5.93. The molecule has 1 saturated heterocycles. The van der Waals surface area contributed by atoms with Gasteiger partial charge in [0.05, 0.1) is 24.5 Å². The number of anilines is 2. The number of benzene rings is 1. The van der Waals surface area contributed by atoms with E-state index in [0.29, 0.717) is 49.2 Å². The first-order valence-corrected chi connectivity index (χ1v) is 9.19. The third-order valence-corrected chi connectivity index (χ3v) is 4.88. The van der Waals surface area contributed by atoms with Gasteiger partial charge in [-0.3, -0.25) is 4.79 Å². The molecule has 1 amide bonds. The van der Waals surface area contributed by atoms with Gasteiger partial charge in [0.1, 0.15) is 19.0 Å². The molecule has 8 heteroatoms. The van der Waals surface area contributed by atoms with Crippen molar-refractivity contribution < 1.29 is 19.0 Å². The Morgan fingerprint density at radius 3 is 2.50 bits per heavy atom. The van der Waals surface area contributed by atoms with E-state index in [0.717, 1.165) is 23.4 Å². The van der Waals surface area contributed by atoms with E-state index in [1.807, 2.05) is 6.07 Å². The molecule has 0 aliphatic carbocycles. The maximum Gasteiger partial charge on any atom is 0.257 e. The topological polar surface area (TPSA) is 72.9 Å². The quantitative estimate of drug-likeness (QED) is 0.824. The lowest BCUT2D eigenvalue weighted by atomic mass is 10.2. The molecule has 26 heavy (non-hydrogen) atoms. The highest BCUT2D eigenvalue weighted by Crippen LogP contribution is 2.38. The van der Waals surface area contributed by atoms with Crippen LogP contribution in [0.4, 0.5) is 11.5 Å². The van der Waals surface area contributed by atoms with E-state index in [9.17, 15) is 4.79 Å². The molecule has 4 rings (SSSR count). The van der Waals surface area contributed by atoms with Gasteiger partial charge in [-0.25, -0.2) is 4.98 Å². The molecule has 2 aliphatic rings. The summed E-state index contributed by atoms with van der Waals surface area (Å²) in [4.78, 5) is 19.1. The fourth-order valence-corrected chi connectivity index (χ4v) is 3.28.